The molecule has 2 atom stereocenters. The minimum atomic E-state index is -0.341. The molecule has 5 heterocycles. The van der Waals surface area contributed by atoms with E-state index in [-0.39, 0.29) is 22.6 Å². The number of anilines is 1. The van der Waals surface area contributed by atoms with Crippen molar-refractivity contribution in [3.63, 3.8) is 0 Å². The third-order valence-corrected chi connectivity index (χ3v) is 8.52. The molecule has 3 aromatic rings. The standard InChI is InChI=1S/C29H34FN5O3/c1-31-24(18-33-15-20-13-21(17-33)25-3-2-4-28(37)35(25)16-20)14-27(36)29(38)26(31)19-32-9-11-34(12-10-32)23-7-5-22(30)6-8-23/h2-8,14,20-21,38H,9-13,15-19H2,1H3/t20-,21+/m0/s1. The van der Waals surface area contributed by atoms with Gasteiger partial charge in [0.05, 0.1) is 5.69 Å². The lowest BCUT2D eigenvalue weighted by molar-refractivity contribution is 0.112. The molecule has 200 valence electrons. The van der Waals surface area contributed by atoms with Crippen LogP contribution in [0.5, 0.6) is 5.75 Å². The number of pyridine rings is 2. The van der Waals surface area contributed by atoms with E-state index in [1.54, 1.807) is 24.3 Å². The summed E-state index contributed by atoms with van der Waals surface area (Å²) in [6, 6.07) is 13.7. The Kier molecular flexibility index (Phi) is 6.57. The van der Waals surface area contributed by atoms with Gasteiger partial charge in [-0.3, -0.25) is 19.4 Å². The van der Waals surface area contributed by atoms with E-state index < -0.39 is 0 Å². The van der Waals surface area contributed by atoms with Gasteiger partial charge in [0.1, 0.15) is 5.82 Å². The molecule has 0 unspecified atom stereocenters. The molecule has 38 heavy (non-hydrogen) atoms. The van der Waals surface area contributed by atoms with E-state index in [1.165, 1.54) is 12.1 Å². The van der Waals surface area contributed by atoms with Crippen LogP contribution in [0.4, 0.5) is 10.1 Å². The topological polar surface area (TPSA) is 73.9 Å². The molecule has 8 nitrogen and oxygen atoms in total. The zero-order chi connectivity index (χ0) is 26.4. The maximum Gasteiger partial charge on any atom is 0.250 e. The van der Waals surface area contributed by atoms with E-state index in [0.29, 0.717) is 30.6 Å². The molecule has 2 aromatic heterocycles. The average Bonchev–Trinajstić information content (AvgIpc) is 2.91. The second kappa shape index (κ2) is 10.0. The van der Waals surface area contributed by atoms with Gasteiger partial charge in [-0.15, -0.1) is 0 Å². The summed E-state index contributed by atoms with van der Waals surface area (Å²) in [6.07, 6.45) is 1.09. The van der Waals surface area contributed by atoms with Crippen molar-refractivity contribution in [2.24, 2.45) is 13.0 Å². The Hall–Kier alpha value is -3.43. The summed E-state index contributed by atoms with van der Waals surface area (Å²) in [5, 5.41) is 10.7. The monoisotopic (exact) mass is 519 g/mol. The fourth-order valence-corrected chi connectivity index (χ4v) is 6.51. The Morgan fingerprint density at radius 1 is 0.921 bits per heavy atom. The summed E-state index contributed by atoms with van der Waals surface area (Å²) in [4.78, 5) is 32.0. The van der Waals surface area contributed by atoms with Crippen molar-refractivity contribution in [1.82, 2.24) is 18.9 Å². The number of hydrogen-bond donors (Lipinski definition) is 1. The fourth-order valence-electron chi connectivity index (χ4n) is 6.51. The molecule has 1 N–H and O–H groups in total. The Bertz CT molecular complexity index is 1440. The molecular weight excluding hydrogens is 485 g/mol. The van der Waals surface area contributed by atoms with Crippen molar-refractivity contribution in [3.05, 3.63) is 92.0 Å². The highest BCUT2D eigenvalue weighted by molar-refractivity contribution is 5.46. The van der Waals surface area contributed by atoms with E-state index in [0.717, 1.165) is 69.3 Å². The molecule has 1 aromatic carbocycles. The van der Waals surface area contributed by atoms with Crippen LogP contribution in [0.15, 0.2) is 58.1 Å². The van der Waals surface area contributed by atoms with E-state index in [9.17, 15) is 19.1 Å². The van der Waals surface area contributed by atoms with Gasteiger partial charge in [0.25, 0.3) is 5.56 Å². The molecule has 0 saturated carbocycles. The highest BCUT2D eigenvalue weighted by Gasteiger charge is 2.34. The fraction of sp³-hybridized carbons (Fsp3) is 0.448. The average molecular weight is 520 g/mol. The minimum absolute atomic E-state index is 0.0784. The third-order valence-electron chi connectivity index (χ3n) is 8.52. The summed E-state index contributed by atoms with van der Waals surface area (Å²) in [7, 11) is 1.93. The van der Waals surface area contributed by atoms with Crippen molar-refractivity contribution >= 4 is 5.69 Å². The van der Waals surface area contributed by atoms with E-state index in [1.807, 2.05) is 22.2 Å². The first-order valence-corrected chi connectivity index (χ1v) is 13.4. The van der Waals surface area contributed by atoms with Gasteiger partial charge in [0.15, 0.2) is 5.75 Å². The van der Waals surface area contributed by atoms with Gasteiger partial charge < -0.3 is 19.1 Å². The van der Waals surface area contributed by atoms with Crippen LogP contribution in [-0.2, 0) is 26.7 Å². The summed E-state index contributed by atoms with van der Waals surface area (Å²) in [5.74, 6) is 0.299. The summed E-state index contributed by atoms with van der Waals surface area (Å²) >= 11 is 0. The van der Waals surface area contributed by atoms with Crippen LogP contribution < -0.4 is 15.9 Å². The quantitative estimate of drug-likeness (QED) is 0.558. The largest absolute Gasteiger partial charge is 0.503 e. The zero-order valence-electron chi connectivity index (χ0n) is 21.7. The number of fused-ring (bicyclic) bond motifs is 4. The Morgan fingerprint density at radius 3 is 2.45 bits per heavy atom. The van der Waals surface area contributed by atoms with Crippen LogP contribution >= 0.6 is 0 Å². The number of benzene rings is 1. The van der Waals surface area contributed by atoms with Crippen molar-refractivity contribution < 1.29 is 9.50 Å². The number of aromatic nitrogens is 2. The molecule has 3 aliphatic heterocycles. The Labute approximate surface area is 221 Å². The number of hydrogen-bond acceptors (Lipinski definition) is 6. The van der Waals surface area contributed by atoms with Gasteiger partial charge in [-0.05, 0) is 42.7 Å². The first-order valence-electron chi connectivity index (χ1n) is 13.4. The van der Waals surface area contributed by atoms with Gasteiger partial charge in [0, 0.05) is 101 Å². The number of rotatable bonds is 5. The van der Waals surface area contributed by atoms with Gasteiger partial charge in [-0.2, -0.15) is 0 Å². The molecule has 3 aliphatic rings. The smallest absolute Gasteiger partial charge is 0.250 e. The highest BCUT2D eigenvalue weighted by atomic mass is 19.1. The van der Waals surface area contributed by atoms with Gasteiger partial charge in [0.2, 0.25) is 5.43 Å². The predicted molar refractivity (Wildman–Crippen MR) is 144 cm³/mol. The number of nitrogens with zero attached hydrogens (tertiary/aromatic N) is 5. The third kappa shape index (κ3) is 4.76. The van der Waals surface area contributed by atoms with Crippen molar-refractivity contribution in [2.45, 2.75) is 32.0 Å². The molecular formula is C29H34FN5O3. The van der Waals surface area contributed by atoms with Crippen molar-refractivity contribution in [2.75, 3.05) is 44.2 Å². The lowest BCUT2D eigenvalue weighted by Gasteiger charge is -2.43. The van der Waals surface area contributed by atoms with E-state index in [2.05, 4.69) is 20.8 Å². The van der Waals surface area contributed by atoms with E-state index >= 15 is 0 Å². The van der Waals surface area contributed by atoms with Crippen molar-refractivity contribution in [3.8, 4) is 5.75 Å². The number of aromatic hydroxyl groups is 1. The second-order valence-corrected chi connectivity index (χ2v) is 11.0. The van der Waals surface area contributed by atoms with Gasteiger partial charge in [-0.25, -0.2) is 4.39 Å². The summed E-state index contributed by atoms with van der Waals surface area (Å²) < 4.78 is 17.2. The Morgan fingerprint density at radius 2 is 1.68 bits per heavy atom. The van der Waals surface area contributed by atoms with Crippen LogP contribution in [0.25, 0.3) is 0 Å². The second-order valence-electron chi connectivity index (χ2n) is 11.0. The summed E-state index contributed by atoms with van der Waals surface area (Å²) in [6.45, 7) is 6.73. The molecule has 0 radical (unpaired) electrons. The minimum Gasteiger partial charge on any atom is -0.503 e. The molecule has 2 bridgehead atoms. The number of piperazine rings is 1. The van der Waals surface area contributed by atoms with Crippen LogP contribution in [0, 0.1) is 11.7 Å². The maximum absolute atomic E-state index is 13.3. The predicted octanol–water partition coefficient (Wildman–Crippen LogP) is 2.33. The van der Waals surface area contributed by atoms with Crippen LogP contribution in [-0.4, -0.2) is 63.3 Å². The Balaban J connectivity index is 1.15. The highest BCUT2D eigenvalue weighted by Crippen LogP contribution is 2.35. The lowest BCUT2D eigenvalue weighted by Crippen LogP contribution is -2.47. The molecule has 0 spiro atoms. The number of piperidine rings is 1. The maximum atomic E-state index is 13.3. The lowest BCUT2D eigenvalue weighted by atomic mass is 9.83. The normalized spacial score (nSPS) is 21.9. The number of likely N-dealkylation sites (tertiary alicyclic amines) is 1. The molecule has 0 aliphatic carbocycles. The molecule has 2 saturated heterocycles. The SMILES string of the molecule is Cn1c(CN2C[C@@H]3C[C@H](C2)c2cccc(=O)n2C3)cc(=O)c(O)c1CN1CCN(c2ccc(F)cc2)CC1. The first-order chi connectivity index (χ1) is 18.4. The zero-order valence-corrected chi connectivity index (χ0v) is 21.7. The van der Waals surface area contributed by atoms with Gasteiger partial charge >= 0.3 is 0 Å². The molecule has 6 rings (SSSR count). The number of halogens is 1. The molecule has 9 heteroatoms. The van der Waals surface area contributed by atoms with Crippen LogP contribution in [0.3, 0.4) is 0 Å². The first kappa shape index (κ1) is 24.9. The molecule has 0 amide bonds. The van der Waals surface area contributed by atoms with E-state index in [4.69, 9.17) is 0 Å². The van der Waals surface area contributed by atoms with Crippen LogP contribution in [0.2, 0.25) is 0 Å². The van der Waals surface area contributed by atoms with Gasteiger partial charge in [-0.1, -0.05) is 6.07 Å². The molecule has 2 fully saturated rings. The van der Waals surface area contributed by atoms with Crippen LogP contribution in [0.1, 0.15) is 29.4 Å². The summed E-state index contributed by atoms with van der Waals surface area (Å²) in [5.41, 5.74) is 3.37. The van der Waals surface area contributed by atoms with Crippen molar-refractivity contribution in [1.29, 1.82) is 0 Å².